The van der Waals surface area contributed by atoms with E-state index in [0.29, 0.717) is 19.0 Å². The Balaban J connectivity index is 2.67. The monoisotopic (exact) mass is 332 g/mol. The number of thiazole rings is 1. The van der Waals surface area contributed by atoms with Gasteiger partial charge >= 0.3 is 0 Å². The highest BCUT2D eigenvalue weighted by Crippen LogP contribution is 2.14. The third kappa shape index (κ3) is 4.96. The van der Waals surface area contributed by atoms with E-state index in [0.717, 1.165) is 10.7 Å². The van der Waals surface area contributed by atoms with E-state index in [1.165, 1.54) is 6.26 Å². The molecule has 6 nitrogen and oxygen atoms in total. The molecule has 0 spiro atoms. The third-order valence-electron chi connectivity index (χ3n) is 3.32. The van der Waals surface area contributed by atoms with Crippen LogP contribution < -0.4 is 5.32 Å². The zero-order chi connectivity index (χ0) is 16.3. The molecule has 120 valence electrons. The van der Waals surface area contributed by atoms with E-state index in [-0.39, 0.29) is 0 Å². The molecule has 21 heavy (non-hydrogen) atoms. The number of aliphatic imine (C=N–C) groups is 1. The predicted molar refractivity (Wildman–Crippen MR) is 88.6 cm³/mol. The highest BCUT2D eigenvalue weighted by Gasteiger charge is 2.30. The molecule has 0 radical (unpaired) electrons. The average molecular weight is 332 g/mol. The maximum atomic E-state index is 11.7. The van der Waals surface area contributed by atoms with Crippen LogP contribution in [0, 0.1) is 6.92 Å². The summed E-state index contributed by atoms with van der Waals surface area (Å²) in [6.45, 7) is 6.30. The molecule has 0 saturated carbocycles. The lowest BCUT2D eigenvalue weighted by Gasteiger charge is -2.27. The number of sulfone groups is 1. The molecule has 1 N–H and O–H groups in total. The predicted octanol–water partition coefficient (Wildman–Crippen LogP) is 1.28. The normalized spacial score (nSPS) is 13.3. The molecular weight excluding hydrogens is 308 g/mol. The van der Waals surface area contributed by atoms with Gasteiger partial charge in [-0.1, -0.05) is 0 Å². The lowest BCUT2D eigenvalue weighted by atomic mass is 10.2. The maximum absolute atomic E-state index is 11.7. The van der Waals surface area contributed by atoms with Gasteiger partial charge in [0.1, 0.15) is 0 Å². The van der Waals surface area contributed by atoms with Gasteiger partial charge in [-0.3, -0.25) is 4.99 Å². The van der Waals surface area contributed by atoms with E-state index in [2.05, 4.69) is 15.3 Å². The van der Waals surface area contributed by atoms with Crippen LogP contribution >= 0.6 is 11.3 Å². The van der Waals surface area contributed by atoms with Crippen LogP contribution in [0.4, 0.5) is 0 Å². The number of nitrogens with zero attached hydrogens (tertiary/aromatic N) is 3. The van der Waals surface area contributed by atoms with E-state index >= 15 is 0 Å². The van der Waals surface area contributed by atoms with Crippen molar-refractivity contribution in [1.29, 1.82) is 0 Å². The molecule has 0 bridgehead atoms. The molecule has 1 rings (SSSR count). The van der Waals surface area contributed by atoms with Crippen LogP contribution in [0.2, 0.25) is 0 Å². The van der Waals surface area contributed by atoms with Crippen molar-refractivity contribution < 1.29 is 8.42 Å². The molecule has 0 aliphatic carbocycles. The Hall–Kier alpha value is -1.15. The molecular formula is C13H24N4O2S2. The molecule has 0 aliphatic heterocycles. The number of aromatic nitrogens is 1. The SMILES string of the molecule is CN=C(NCC(C)(C)S(C)(=O)=O)N(C)Cc1csc(C)n1. The number of nitrogens with one attached hydrogen (secondary N) is 1. The topological polar surface area (TPSA) is 74.7 Å². The van der Waals surface area contributed by atoms with Crippen molar-refractivity contribution in [3.63, 3.8) is 0 Å². The number of hydrogen-bond donors (Lipinski definition) is 1. The van der Waals surface area contributed by atoms with Crippen LogP contribution in [0.3, 0.4) is 0 Å². The largest absolute Gasteiger partial charge is 0.355 e. The van der Waals surface area contributed by atoms with Gasteiger partial charge in [-0.05, 0) is 20.8 Å². The average Bonchev–Trinajstić information content (AvgIpc) is 2.73. The molecule has 0 amide bonds. The Labute approximate surface area is 131 Å². The van der Waals surface area contributed by atoms with Crippen molar-refractivity contribution in [2.45, 2.75) is 32.1 Å². The second kappa shape index (κ2) is 6.74. The molecule has 0 aromatic carbocycles. The van der Waals surface area contributed by atoms with Crippen LogP contribution in [0.15, 0.2) is 10.4 Å². The number of hydrogen-bond acceptors (Lipinski definition) is 5. The molecule has 1 heterocycles. The smallest absolute Gasteiger partial charge is 0.193 e. The summed E-state index contributed by atoms with van der Waals surface area (Å²) in [7, 11) is 0.445. The van der Waals surface area contributed by atoms with Crippen molar-refractivity contribution in [3.8, 4) is 0 Å². The molecule has 8 heteroatoms. The molecule has 1 aromatic heterocycles. The van der Waals surface area contributed by atoms with Crippen LogP contribution in [0.25, 0.3) is 0 Å². The first-order chi connectivity index (χ1) is 9.56. The Bertz CT molecular complexity index is 605. The second-order valence-electron chi connectivity index (χ2n) is 5.65. The van der Waals surface area contributed by atoms with Crippen LogP contribution in [0.5, 0.6) is 0 Å². The van der Waals surface area contributed by atoms with E-state index in [4.69, 9.17) is 0 Å². The van der Waals surface area contributed by atoms with E-state index < -0.39 is 14.6 Å². The summed E-state index contributed by atoms with van der Waals surface area (Å²) < 4.78 is 22.6. The lowest BCUT2D eigenvalue weighted by molar-refractivity contribution is 0.462. The van der Waals surface area contributed by atoms with Gasteiger partial charge in [-0.15, -0.1) is 11.3 Å². The van der Waals surface area contributed by atoms with E-state index in [9.17, 15) is 8.42 Å². The van der Waals surface area contributed by atoms with Crippen LogP contribution in [-0.2, 0) is 16.4 Å². The van der Waals surface area contributed by atoms with Gasteiger partial charge in [-0.25, -0.2) is 13.4 Å². The van der Waals surface area contributed by atoms with Crippen molar-refractivity contribution in [2.24, 2.45) is 4.99 Å². The Morgan fingerprint density at radius 2 is 2.14 bits per heavy atom. The second-order valence-corrected chi connectivity index (χ2v) is 9.36. The van der Waals surface area contributed by atoms with E-state index in [1.807, 2.05) is 24.3 Å². The van der Waals surface area contributed by atoms with Crippen molar-refractivity contribution in [3.05, 3.63) is 16.1 Å². The first-order valence-electron chi connectivity index (χ1n) is 6.59. The quantitative estimate of drug-likeness (QED) is 0.649. The number of guanidine groups is 1. The minimum absolute atomic E-state index is 0.305. The van der Waals surface area contributed by atoms with Gasteiger partial charge in [0.2, 0.25) is 0 Å². The van der Waals surface area contributed by atoms with E-state index in [1.54, 1.807) is 32.2 Å². The molecule has 1 aromatic rings. The van der Waals surface area contributed by atoms with Crippen molar-refractivity contribution >= 4 is 27.1 Å². The summed E-state index contributed by atoms with van der Waals surface area (Å²) in [5.41, 5.74) is 0.977. The van der Waals surface area contributed by atoms with Gasteiger partial charge in [0, 0.05) is 32.3 Å². The Morgan fingerprint density at radius 1 is 1.52 bits per heavy atom. The number of aryl methyl sites for hydroxylation is 1. The fourth-order valence-electron chi connectivity index (χ4n) is 1.61. The first-order valence-corrected chi connectivity index (χ1v) is 9.36. The summed E-state index contributed by atoms with van der Waals surface area (Å²) in [6, 6.07) is 0. The summed E-state index contributed by atoms with van der Waals surface area (Å²) in [6.07, 6.45) is 1.25. The summed E-state index contributed by atoms with van der Waals surface area (Å²) in [5, 5.41) is 6.16. The molecule has 0 atom stereocenters. The Kier molecular flexibility index (Phi) is 5.75. The standard InChI is InChI=1S/C13H24N4O2S2/c1-10-16-11(8-20-10)7-17(5)12(14-4)15-9-13(2,3)21(6,18)19/h8H,7,9H2,1-6H3,(H,14,15). The van der Waals surface area contributed by atoms with Crippen molar-refractivity contribution in [2.75, 3.05) is 26.9 Å². The molecule has 0 fully saturated rings. The summed E-state index contributed by atoms with van der Waals surface area (Å²) in [5.74, 6) is 0.650. The number of rotatable bonds is 5. The van der Waals surface area contributed by atoms with Crippen molar-refractivity contribution in [1.82, 2.24) is 15.2 Å². The molecule has 0 unspecified atom stereocenters. The summed E-state index contributed by atoms with van der Waals surface area (Å²) in [4.78, 5) is 10.5. The van der Waals surface area contributed by atoms with Gasteiger partial charge in [0.25, 0.3) is 0 Å². The highest BCUT2D eigenvalue weighted by atomic mass is 32.2. The third-order valence-corrected chi connectivity index (χ3v) is 6.29. The van der Waals surface area contributed by atoms with Gasteiger partial charge in [-0.2, -0.15) is 0 Å². The van der Waals surface area contributed by atoms with Gasteiger partial charge in [0.15, 0.2) is 15.8 Å². The zero-order valence-corrected chi connectivity index (χ0v) is 15.1. The van der Waals surface area contributed by atoms with Gasteiger partial charge in [0.05, 0.1) is 22.0 Å². The fourth-order valence-corrected chi connectivity index (χ4v) is 2.54. The van der Waals surface area contributed by atoms with Gasteiger partial charge < -0.3 is 10.2 Å². The fraction of sp³-hybridized carbons (Fsp3) is 0.692. The minimum Gasteiger partial charge on any atom is -0.355 e. The highest BCUT2D eigenvalue weighted by molar-refractivity contribution is 7.92. The molecule has 0 aliphatic rings. The lowest BCUT2D eigenvalue weighted by Crippen LogP contribution is -2.48. The van der Waals surface area contributed by atoms with Crippen LogP contribution in [-0.4, -0.2) is 55.9 Å². The summed E-state index contributed by atoms with van der Waals surface area (Å²) >= 11 is 1.61. The Morgan fingerprint density at radius 3 is 2.57 bits per heavy atom. The first kappa shape index (κ1) is 17.9. The molecule has 0 saturated heterocycles. The zero-order valence-electron chi connectivity index (χ0n) is 13.5. The van der Waals surface area contributed by atoms with Crippen LogP contribution in [0.1, 0.15) is 24.5 Å². The minimum atomic E-state index is -3.13. The maximum Gasteiger partial charge on any atom is 0.193 e.